The standard InChI is InChI=1S/C21H26N4O3/c1-15-6-4-7-16(2)19(15)23-18(26)14-24(3)21(27)17-8-5-9-22-20(17)25-10-12-28-13-11-25/h4-9H,10-14H2,1-3H3,(H,23,26). The minimum atomic E-state index is -0.231. The molecule has 0 spiro atoms. The number of anilines is 2. The van der Waals surface area contributed by atoms with Crippen LogP contribution in [0.25, 0.3) is 0 Å². The summed E-state index contributed by atoms with van der Waals surface area (Å²) in [5, 5.41) is 2.92. The molecule has 3 rings (SSSR count). The third-order valence-electron chi connectivity index (χ3n) is 4.80. The van der Waals surface area contributed by atoms with Gasteiger partial charge in [-0.1, -0.05) is 18.2 Å². The van der Waals surface area contributed by atoms with Gasteiger partial charge < -0.3 is 19.9 Å². The van der Waals surface area contributed by atoms with Crippen molar-refractivity contribution in [1.29, 1.82) is 0 Å². The third-order valence-corrected chi connectivity index (χ3v) is 4.80. The number of benzene rings is 1. The van der Waals surface area contributed by atoms with Crippen LogP contribution in [0.4, 0.5) is 11.5 Å². The summed E-state index contributed by atoms with van der Waals surface area (Å²) in [5.41, 5.74) is 3.27. The fraction of sp³-hybridized carbons (Fsp3) is 0.381. The lowest BCUT2D eigenvalue weighted by Crippen LogP contribution is -2.40. The minimum absolute atomic E-state index is 0.0376. The molecule has 28 heavy (non-hydrogen) atoms. The van der Waals surface area contributed by atoms with Crippen molar-refractivity contribution in [3.8, 4) is 0 Å². The lowest BCUT2D eigenvalue weighted by atomic mass is 10.1. The summed E-state index contributed by atoms with van der Waals surface area (Å²) in [4.78, 5) is 33.3. The molecular formula is C21H26N4O3. The van der Waals surface area contributed by atoms with E-state index in [0.29, 0.717) is 37.7 Å². The number of morpholine rings is 1. The Kier molecular flexibility index (Phi) is 6.26. The van der Waals surface area contributed by atoms with Gasteiger partial charge in [0.25, 0.3) is 5.91 Å². The maximum absolute atomic E-state index is 13.0. The van der Waals surface area contributed by atoms with Gasteiger partial charge in [-0.15, -0.1) is 0 Å². The molecule has 2 heterocycles. The number of pyridine rings is 1. The van der Waals surface area contributed by atoms with Crippen molar-refractivity contribution in [3.05, 3.63) is 53.2 Å². The highest BCUT2D eigenvalue weighted by molar-refractivity contribution is 6.02. The van der Waals surface area contributed by atoms with Crippen LogP contribution in [-0.2, 0) is 9.53 Å². The molecule has 1 N–H and O–H groups in total. The van der Waals surface area contributed by atoms with Crippen molar-refractivity contribution in [2.75, 3.05) is 50.1 Å². The van der Waals surface area contributed by atoms with Crippen LogP contribution in [0.3, 0.4) is 0 Å². The molecule has 0 saturated carbocycles. The van der Waals surface area contributed by atoms with E-state index in [1.54, 1.807) is 25.4 Å². The van der Waals surface area contributed by atoms with Crippen LogP contribution in [0.15, 0.2) is 36.5 Å². The van der Waals surface area contributed by atoms with Gasteiger partial charge in [-0.2, -0.15) is 0 Å². The van der Waals surface area contributed by atoms with Crippen molar-refractivity contribution in [2.24, 2.45) is 0 Å². The minimum Gasteiger partial charge on any atom is -0.378 e. The number of nitrogens with one attached hydrogen (secondary N) is 1. The molecule has 7 nitrogen and oxygen atoms in total. The molecule has 0 radical (unpaired) electrons. The number of hydrogen-bond acceptors (Lipinski definition) is 5. The van der Waals surface area contributed by atoms with Crippen molar-refractivity contribution >= 4 is 23.3 Å². The Bertz CT molecular complexity index is 842. The fourth-order valence-electron chi connectivity index (χ4n) is 3.27. The Hall–Kier alpha value is -2.93. The summed E-state index contributed by atoms with van der Waals surface area (Å²) in [7, 11) is 1.63. The molecule has 1 aliphatic heterocycles. The molecule has 0 aliphatic carbocycles. The van der Waals surface area contributed by atoms with E-state index in [9.17, 15) is 9.59 Å². The SMILES string of the molecule is Cc1cccc(C)c1NC(=O)CN(C)C(=O)c1cccnc1N1CCOCC1. The van der Waals surface area contributed by atoms with Gasteiger partial charge in [0, 0.05) is 32.0 Å². The number of hydrogen-bond donors (Lipinski definition) is 1. The summed E-state index contributed by atoms with van der Waals surface area (Å²) in [5.74, 6) is 0.175. The predicted molar refractivity (Wildman–Crippen MR) is 109 cm³/mol. The van der Waals surface area contributed by atoms with Gasteiger partial charge in [0.2, 0.25) is 5.91 Å². The van der Waals surface area contributed by atoms with E-state index in [1.165, 1.54) is 4.90 Å². The van der Waals surface area contributed by atoms with Gasteiger partial charge in [0.15, 0.2) is 0 Å². The van der Waals surface area contributed by atoms with E-state index < -0.39 is 0 Å². The van der Waals surface area contributed by atoms with E-state index in [-0.39, 0.29) is 18.4 Å². The van der Waals surface area contributed by atoms with Gasteiger partial charge in [-0.3, -0.25) is 9.59 Å². The van der Waals surface area contributed by atoms with Crippen molar-refractivity contribution in [1.82, 2.24) is 9.88 Å². The number of likely N-dealkylation sites (N-methyl/N-ethyl adjacent to an activating group) is 1. The monoisotopic (exact) mass is 382 g/mol. The Morgan fingerprint density at radius 2 is 1.82 bits per heavy atom. The zero-order valence-electron chi connectivity index (χ0n) is 16.6. The molecule has 2 amide bonds. The Morgan fingerprint density at radius 3 is 2.50 bits per heavy atom. The summed E-state index contributed by atoms with van der Waals surface area (Å²) in [6.07, 6.45) is 1.68. The van der Waals surface area contributed by atoms with Crippen LogP contribution in [0, 0.1) is 13.8 Å². The third kappa shape index (κ3) is 4.48. The second kappa shape index (κ2) is 8.84. The molecule has 1 fully saturated rings. The van der Waals surface area contributed by atoms with Crippen LogP contribution in [0.1, 0.15) is 21.5 Å². The van der Waals surface area contributed by atoms with Crippen molar-refractivity contribution in [3.63, 3.8) is 0 Å². The molecule has 0 unspecified atom stereocenters. The van der Waals surface area contributed by atoms with Crippen LogP contribution in [0.2, 0.25) is 0 Å². The van der Waals surface area contributed by atoms with Crippen molar-refractivity contribution in [2.45, 2.75) is 13.8 Å². The molecule has 0 atom stereocenters. The smallest absolute Gasteiger partial charge is 0.257 e. The molecule has 0 bridgehead atoms. The maximum atomic E-state index is 13.0. The first-order chi connectivity index (χ1) is 13.5. The Labute approximate surface area is 165 Å². The lowest BCUT2D eigenvalue weighted by Gasteiger charge is -2.29. The average molecular weight is 382 g/mol. The second-order valence-electron chi connectivity index (χ2n) is 6.95. The molecule has 1 saturated heterocycles. The van der Waals surface area contributed by atoms with Gasteiger partial charge in [0.1, 0.15) is 5.82 Å². The normalized spacial score (nSPS) is 13.9. The quantitative estimate of drug-likeness (QED) is 0.859. The van der Waals surface area contributed by atoms with E-state index in [1.807, 2.05) is 36.9 Å². The zero-order chi connectivity index (χ0) is 20.1. The lowest BCUT2D eigenvalue weighted by molar-refractivity contribution is -0.116. The number of rotatable bonds is 5. The number of carbonyl (C=O) groups excluding carboxylic acids is 2. The fourth-order valence-corrected chi connectivity index (χ4v) is 3.27. The van der Waals surface area contributed by atoms with Crippen molar-refractivity contribution < 1.29 is 14.3 Å². The summed E-state index contributed by atoms with van der Waals surface area (Å²) < 4.78 is 5.38. The number of para-hydroxylation sites is 1. The van der Waals surface area contributed by atoms with E-state index >= 15 is 0 Å². The molecule has 1 aliphatic rings. The maximum Gasteiger partial charge on any atom is 0.257 e. The predicted octanol–water partition coefficient (Wildman–Crippen LogP) is 2.25. The second-order valence-corrected chi connectivity index (χ2v) is 6.95. The summed E-state index contributed by atoms with van der Waals surface area (Å²) >= 11 is 0. The molecular weight excluding hydrogens is 356 g/mol. The summed E-state index contributed by atoms with van der Waals surface area (Å²) in [6, 6.07) is 9.33. The van der Waals surface area contributed by atoms with Gasteiger partial charge >= 0.3 is 0 Å². The molecule has 2 aromatic rings. The molecule has 7 heteroatoms. The highest BCUT2D eigenvalue weighted by Gasteiger charge is 2.23. The van der Waals surface area contributed by atoms with Gasteiger partial charge in [-0.05, 0) is 37.1 Å². The highest BCUT2D eigenvalue weighted by Crippen LogP contribution is 2.21. The number of ether oxygens (including phenoxy) is 1. The molecule has 148 valence electrons. The molecule has 1 aromatic heterocycles. The first-order valence-corrected chi connectivity index (χ1v) is 9.36. The number of carbonyl (C=O) groups is 2. The highest BCUT2D eigenvalue weighted by atomic mass is 16.5. The largest absolute Gasteiger partial charge is 0.378 e. The topological polar surface area (TPSA) is 74.8 Å². The van der Waals surface area contributed by atoms with Gasteiger partial charge in [-0.25, -0.2) is 4.98 Å². The molecule has 1 aromatic carbocycles. The summed E-state index contributed by atoms with van der Waals surface area (Å²) in [6.45, 7) is 6.45. The number of aryl methyl sites for hydroxylation is 2. The van der Waals surface area contributed by atoms with Crippen LogP contribution in [-0.4, -0.2) is 61.6 Å². The number of amides is 2. The zero-order valence-corrected chi connectivity index (χ0v) is 16.6. The van der Waals surface area contributed by atoms with Crippen LogP contribution >= 0.6 is 0 Å². The van der Waals surface area contributed by atoms with E-state index in [0.717, 1.165) is 16.8 Å². The van der Waals surface area contributed by atoms with Gasteiger partial charge in [0.05, 0.1) is 25.3 Å². The number of nitrogens with zero attached hydrogens (tertiary/aromatic N) is 3. The van der Waals surface area contributed by atoms with Crippen LogP contribution < -0.4 is 10.2 Å². The Morgan fingerprint density at radius 1 is 1.14 bits per heavy atom. The first-order valence-electron chi connectivity index (χ1n) is 9.36. The average Bonchev–Trinajstić information content (AvgIpc) is 2.71. The first kappa shape index (κ1) is 19.8. The Balaban J connectivity index is 1.70. The van der Waals surface area contributed by atoms with Crippen LogP contribution in [0.5, 0.6) is 0 Å². The van der Waals surface area contributed by atoms with E-state index in [2.05, 4.69) is 10.3 Å². The number of aromatic nitrogens is 1. The van der Waals surface area contributed by atoms with E-state index in [4.69, 9.17) is 4.74 Å².